The van der Waals surface area contributed by atoms with Crippen molar-refractivity contribution in [3.63, 3.8) is 0 Å². The number of aromatic nitrogens is 2. The van der Waals surface area contributed by atoms with Gasteiger partial charge in [-0.15, -0.1) is 0 Å². The van der Waals surface area contributed by atoms with E-state index in [0.717, 1.165) is 12.1 Å². The molecule has 1 aliphatic heterocycles. The Hall–Kier alpha value is -3.30. The van der Waals surface area contributed by atoms with Crippen molar-refractivity contribution < 1.29 is 24.2 Å². The standard InChI is InChI=1S/C22H23FN4O4/c23-16-3-4-17-18(13-27(14-20(28)29)19(17)10-16)21(22(30)31)26-8-6-25(7-9-26)12-15-2-1-5-24-11-15/h1-5,10-11,13,21H,6-9,12,14H2,(H,28,29)(H,30,31)/t21-/m1/s1. The normalized spacial score (nSPS) is 16.4. The van der Waals surface area contributed by atoms with Crippen LogP contribution in [-0.4, -0.2) is 67.7 Å². The van der Waals surface area contributed by atoms with Crippen LogP contribution in [0.2, 0.25) is 0 Å². The lowest BCUT2D eigenvalue weighted by atomic mass is 10.0. The second-order valence-corrected chi connectivity index (χ2v) is 7.68. The zero-order chi connectivity index (χ0) is 22.0. The summed E-state index contributed by atoms with van der Waals surface area (Å²) in [4.78, 5) is 31.8. The summed E-state index contributed by atoms with van der Waals surface area (Å²) in [5, 5.41) is 19.8. The average Bonchev–Trinajstić information content (AvgIpc) is 3.06. The summed E-state index contributed by atoms with van der Waals surface area (Å²) >= 11 is 0. The molecule has 1 aromatic carbocycles. The van der Waals surface area contributed by atoms with E-state index in [-0.39, 0.29) is 6.54 Å². The molecule has 1 saturated heterocycles. The summed E-state index contributed by atoms with van der Waals surface area (Å²) in [5.74, 6) is -2.59. The third-order valence-corrected chi connectivity index (χ3v) is 5.61. The van der Waals surface area contributed by atoms with Crippen molar-refractivity contribution in [2.24, 2.45) is 0 Å². The Labute approximate surface area is 178 Å². The van der Waals surface area contributed by atoms with Crippen LogP contribution < -0.4 is 0 Å². The number of carbonyl (C=O) groups is 2. The maximum Gasteiger partial charge on any atom is 0.325 e. The number of hydrogen-bond acceptors (Lipinski definition) is 5. The van der Waals surface area contributed by atoms with Crippen molar-refractivity contribution >= 4 is 22.8 Å². The summed E-state index contributed by atoms with van der Waals surface area (Å²) in [5.41, 5.74) is 1.95. The van der Waals surface area contributed by atoms with E-state index in [1.807, 2.05) is 23.2 Å². The number of fused-ring (bicyclic) bond motifs is 1. The molecule has 0 bridgehead atoms. The molecule has 0 amide bonds. The van der Waals surface area contributed by atoms with Crippen LogP contribution in [0, 0.1) is 5.82 Å². The molecule has 2 N–H and O–H groups in total. The van der Waals surface area contributed by atoms with E-state index in [4.69, 9.17) is 0 Å². The molecule has 31 heavy (non-hydrogen) atoms. The molecule has 0 unspecified atom stereocenters. The number of nitrogens with zero attached hydrogens (tertiary/aromatic N) is 4. The fourth-order valence-corrected chi connectivity index (χ4v) is 4.20. The monoisotopic (exact) mass is 426 g/mol. The quantitative estimate of drug-likeness (QED) is 0.598. The highest BCUT2D eigenvalue weighted by molar-refractivity contribution is 5.90. The largest absolute Gasteiger partial charge is 0.480 e. The van der Waals surface area contributed by atoms with Crippen molar-refractivity contribution in [2.45, 2.75) is 19.1 Å². The lowest BCUT2D eigenvalue weighted by molar-refractivity contribution is -0.144. The Morgan fingerprint density at radius 3 is 2.55 bits per heavy atom. The fourth-order valence-electron chi connectivity index (χ4n) is 4.20. The molecule has 0 radical (unpaired) electrons. The van der Waals surface area contributed by atoms with Crippen LogP contribution in [0.25, 0.3) is 10.9 Å². The van der Waals surface area contributed by atoms with E-state index in [0.29, 0.717) is 42.6 Å². The van der Waals surface area contributed by atoms with Gasteiger partial charge in [0.2, 0.25) is 0 Å². The number of pyridine rings is 1. The van der Waals surface area contributed by atoms with Gasteiger partial charge in [0, 0.05) is 62.3 Å². The van der Waals surface area contributed by atoms with Gasteiger partial charge in [0.15, 0.2) is 0 Å². The molecule has 1 atom stereocenters. The van der Waals surface area contributed by atoms with Crippen LogP contribution in [0.15, 0.2) is 48.9 Å². The van der Waals surface area contributed by atoms with Crippen molar-refractivity contribution in [2.75, 3.05) is 26.2 Å². The molecule has 0 saturated carbocycles. The van der Waals surface area contributed by atoms with Gasteiger partial charge in [0.1, 0.15) is 18.4 Å². The SMILES string of the molecule is O=C(O)Cn1cc([C@H](C(=O)O)N2CCN(Cc3cccnc3)CC2)c2ccc(F)cc21. The van der Waals surface area contributed by atoms with E-state index in [1.165, 1.54) is 29.0 Å². The fraction of sp³-hybridized carbons (Fsp3) is 0.318. The predicted octanol–water partition coefficient (Wildman–Crippen LogP) is 2.20. The first-order chi connectivity index (χ1) is 14.9. The predicted molar refractivity (Wildman–Crippen MR) is 111 cm³/mol. The lowest BCUT2D eigenvalue weighted by Gasteiger charge is -2.37. The molecule has 4 rings (SSSR count). The third kappa shape index (κ3) is 4.57. The number of benzene rings is 1. The Morgan fingerprint density at radius 2 is 1.90 bits per heavy atom. The molecule has 1 fully saturated rings. The van der Waals surface area contributed by atoms with Gasteiger partial charge in [-0.3, -0.25) is 24.4 Å². The number of carboxylic acid groups (broad SMARTS) is 2. The third-order valence-electron chi connectivity index (χ3n) is 5.61. The molecule has 3 aromatic rings. The van der Waals surface area contributed by atoms with Crippen molar-refractivity contribution in [3.05, 3.63) is 65.9 Å². The Kier molecular flexibility index (Phi) is 5.97. The van der Waals surface area contributed by atoms with Crippen LogP contribution >= 0.6 is 0 Å². The molecule has 9 heteroatoms. The van der Waals surface area contributed by atoms with Crippen molar-refractivity contribution in [1.29, 1.82) is 0 Å². The maximum atomic E-state index is 13.8. The van der Waals surface area contributed by atoms with Crippen molar-refractivity contribution in [3.8, 4) is 0 Å². The van der Waals surface area contributed by atoms with E-state index in [1.54, 1.807) is 6.20 Å². The first-order valence-corrected chi connectivity index (χ1v) is 10.0. The van der Waals surface area contributed by atoms with Crippen LogP contribution in [0.4, 0.5) is 4.39 Å². The first kappa shape index (κ1) is 21.0. The smallest absolute Gasteiger partial charge is 0.325 e. The molecule has 1 aliphatic rings. The van der Waals surface area contributed by atoms with Crippen LogP contribution in [0.3, 0.4) is 0 Å². The summed E-state index contributed by atoms with van der Waals surface area (Å²) in [6, 6.07) is 6.99. The molecular weight excluding hydrogens is 403 g/mol. The minimum atomic E-state index is -1.08. The lowest BCUT2D eigenvalue weighted by Crippen LogP contribution is -2.48. The first-order valence-electron chi connectivity index (χ1n) is 10.0. The van der Waals surface area contributed by atoms with E-state index >= 15 is 0 Å². The number of halogens is 1. The average molecular weight is 426 g/mol. The Morgan fingerprint density at radius 1 is 1.13 bits per heavy atom. The minimum Gasteiger partial charge on any atom is -0.480 e. The number of aliphatic carboxylic acids is 2. The van der Waals surface area contributed by atoms with Crippen LogP contribution in [0.5, 0.6) is 0 Å². The molecule has 3 heterocycles. The molecular formula is C22H23FN4O4. The number of carboxylic acids is 2. The van der Waals surface area contributed by atoms with Gasteiger partial charge in [-0.25, -0.2) is 4.39 Å². The summed E-state index contributed by atoms with van der Waals surface area (Å²) in [7, 11) is 0. The van der Waals surface area contributed by atoms with Gasteiger partial charge in [-0.1, -0.05) is 6.07 Å². The Balaban J connectivity index is 1.58. The maximum absolute atomic E-state index is 13.8. The summed E-state index contributed by atoms with van der Waals surface area (Å²) in [6.07, 6.45) is 5.08. The number of rotatable bonds is 7. The molecule has 162 valence electrons. The zero-order valence-electron chi connectivity index (χ0n) is 16.8. The second kappa shape index (κ2) is 8.83. The van der Waals surface area contributed by atoms with Gasteiger partial charge in [0.25, 0.3) is 0 Å². The zero-order valence-corrected chi connectivity index (χ0v) is 16.8. The van der Waals surface area contributed by atoms with Gasteiger partial charge in [-0.05, 0) is 29.8 Å². The van der Waals surface area contributed by atoms with E-state index < -0.39 is 23.8 Å². The number of piperazine rings is 1. The highest BCUT2D eigenvalue weighted by Crippen LogP contribution is 2.32. The molecule has 8 nitrogen and oxygen atoms in total. The molecule has 2 aromatic heterocycles. The van der Waals surface area contributed by atoms with E-state index in [2.05, 4.69) is 9.88 Å². The van der Waals surface area contributed by atoms with Crippen LogP contribution in [-0.2, 0) is 22.7 Å². The highest BCUT2D eigenvalue weighted by Gasteiger charge is 2.33. The van der Waals surface area contributed by atoms with E-state index in [9.17, 15) is 24.2 Å². The summed E-state index contributed by atoms with van der Waals surface area (Å²) in [6.45, 7) is 2.86. The van der Waals surface area contributed by atoms with Crippen LogP contribution in [0.1, 0.15) is 17.2 Å². The topological polar surface area (TPSA) is 98.9 Å². The summed E-state index contributed by atoms with van der Waals surface area (Å²) < 4.78 is 15.2. The molecule has 0 aliphatic carbocycles. The van der Waals surface area contributed by atoms with Crippen molar-refractivity contribution in [1.82, 2.24) is 19.4 Å². The second-order valence-electron chi connectivity index (χ2n) is 7.68. The highest BCUT2D eigenvalue weighted by atomic mass is 19.1. The van der Waals surface area contributed by atoms with Gasteiger partial charge in [0.05, 0.1) is 5.52 Å². The van der Waals surface area contributed by atoms with Gasteiger partial charge < -0.3 is 14.8 Å². The molecule has 0 spiro atoms. The number of hydrogen-bond donors (Lipinski definition) is 2. The van der Waals surface area contributed by atoms with Gasteiger partial charge >= 0.3 is 11.9 Å². The minimum absolute atomic E-state index is 0.370. The van der Waals surface area contributed by atoms with Gasteiger partial charge in [-0.2, -0.15) is 0 Å². The Bertz CT molecular complexity index is 1090.